The third-order valence-electron chi connectivity index (χ3n) is 13.3. The van der Waals surface area contributed by atoms with Crippen molar-refractivity contribution in [3.8, 4) is 6.07 Å². The van der Waals surface area contributed by atoms with Crippen LogP contribution in [-0.4, -0.2) is 31.4 Å². The van der Waals surface area contributed by atoms with Gasteiger partial charge in [-0.2, -0.15) is 5.26 Å². The lowest BCUT2D eigenvalue weighted by Crippen LogP contribution is -2.53. The summed E-state index contributed by atoms with van der Waals surface area (Å²) in [6.45, 7) is 9.24. The molecule has 0 heterocycles. The molecule has 0 aliphatic heterocycles. The summed E-state index contributed by atoms with van der Waals surface area (Å²) in [4.78, 5) is 26.5. The highest BCUT2D eigenvalue weighted by molar-refractivity contribution is 5.74. The van der Waals surface area contributed by atoms with Crippen molar-refractivity contribution in [2.45, 2.75) is 98.0 Å². The molecule has 5 fully saturated rings. The molecule has 39 heavy (non-hydrogen) atoms. The molecule has 6 rings (SSSR count). The smallest absolute Gasteiger partial charge is 0.450 e. The van der Waals surface area contributed by atoms with Gasteiger partial charge in [0.25, 0.3) is 0 Å². The maximum Gasteiger partial charge on any atom is 0.508 e. The van der Waals surface area contributed by atoms with Crippen LogP contribution in [0.5, 0.6) is 0 Å². The van der Waals surface area contributed by atoms with Crippen LogP contribution < -0.4 is 0 Å². The summed E-state index contributed by atoms with van der Waals surface area (Å²) < 4.78 is 17.4. The highest BCUT2D eigenvalue weighted by atomic mass is 16.7. The molecule has 0 spiro atoms. The highest BCUT2D eigenvalue weighted by Gasteiger charge is 2.64. The largest absolute Gasteiger partial charge is 0.508 e. The van der Waals surface area contributed by atoms with Crippen molar-refractivity contribution in [1.82, 2.24) is 0 Å². The van der Waals surface area contributed by atoms with E-state index in [-0.39, 0.29) is 53.4 Å². The summed E-state index contributed by atoms with van der Waals surface area (Å²) >= 11 is 0. The van der Waals surface area contributed by atoms with Gasteiger partial charge in [0.1, 0.15) is 18.8 Å². The van der Waals surface area contributed by atoms with Gasteiger partial charge in [-0.1, -0.05) is 51.5 Å². The number of nitriles is 1. The third-order valence-corrected chi connectivity index (χ3v) is 13.3. The van der Waals surface area contributed by atoms with Crippen molar-refractivity contribution >= 4 is 12.1 Å². The fourth-order valence-electron chi connectivity index (χ4n) is 10.6. The zero-order chi connectivity index (χ0) is 27.6. The first-order valence-corrected chi connectivity index (χ1v) is 15.3. The molecule has 6 heteroatoms. The van der Waals surface area contributed by atoms with E-state index in [1.807, 2.05) is 6.07 Å². The minimum atomic E-state index is -0.591. The van der Waals surface area contributed by atoms with Crippen molar-refractivity contribution in [2.24, 2.45) is 51.2 Å². The molecule has 0 aromatic rings. The molecule has 4 unspecified atom stereocenters. The lowest BCUT2D eigenvalue weighted by Gasteiger charge is -2.57. The van der Waals surface area contributed by atoms with Crippen LogP contribution in [0.3, 0.4) is 0 Å². The van der Waals surface area contributed by atoms with E-state index >= 15 is 0 Å². The Morgan fingerprint density at radius 1 is 1.03 bits per heavy atom. The van der Waals surface area contributed by atoms with Gasteiger partial charge in [-0.3, -0.25) is 4.79 Å². The molecule has 0 radical (unpaired) electrons. The predicted octanol–water partition coefficient (Wildman–Crippen LogP) is 7.15. The second-order valence-corrected chi connectivity index (χ2v) is 14.5. The van der Waals surface area contributed by atoms with Crippen LogP contribution in [-0.2, 0) is 19.0 Å². The van der Waals surface area contributed by atoms with E-state index in [1.165, 1.54) is 6.42 Å². The number of hydrogen-bond donors (Lipinski definition) is 0. The summed E-state index contributed by atoms with van der Waals surface area (Å²) in [7, 11) is 0. The number of carbonyl (C=O) groups is 2. The van der Waals surface area contributed by atoms with E-state index in [0.29, 0.717) is 17.8 Å². The number of fused-ring (bicyclic) bond motifs is 7. The van der Waals surface area contributed by atoms with Crippen LogP contribution in [0.15, 0.2) is 23.8 Å². The molecule has 2 bridgehead atoms. The summed E-state index contributed by atoms with van der Waals surface area (Å²) in [5, 5.41) is 9.04. The molecule has 0 aromatic carbocycles. The SMILES string of the molecule is CC1(C)C2CCC1(C)C(OC(=O)OC[C@]13CC[C@H]4[C@@H](CCC5=CCC=C[C@@]54C)[C@@H]1CCC3C(=O)OCC#N)C2. The standard InChI is InChI=1S/C33H45NO5/c1-30(2)22-12-15-32(30,4)27(19-22)39-29(36)38-20-33-16-13-24-23(9-8-21-7-5-6-14-31(21,24)3)25(33)10-11-26(33)28(35)37-18-17-34/h6-7,14,22-27H,5,8-13,15-16,18-20H2,1-4H3/t22?,23-,24+,25+,26?,27?,31+,32?,33-/m1/s1. The minimum Gasteiger partial charge on any atom is -0.450 e. The van der Waals surface area contributed by atoms with E-state index in [2.05, 4.69) is 45.9 Å². The normalized spacial score (nSPS) is 44.8. The van der Waals surface area contributed by atoms with E-state index in [1.54, 1.807) is 5.57 Å². The first-order valence-electron chi connectivity index (χ1n) is 15.3. The van der Waals surface area contributed by atoms with E-state index in [4.69, 9.17) is 19.5 Å². The van der Waals surface area contributed by atoms with Gasteiger partial charge in [0.15, 0.2) is 6.61 Å². The molecular weight excluding hydrogens is 490 g/mol. The summed E-state index contributed by atoms with van der Waals surface area (Å²) in [6.07, 6.45) is 16.3. The topological polar surface area (TPSA) is 85.6 Å². The first-order chi connectivity index (χ1) is 18.6. The average Bonchev–Trinajstić information content (AvgIpc) is 3.47. The second-order valence-electron chi connectivity index (χ2n) is 14.5. The fourth-order valence-corrected chi connectivity index (χ4v) is 10.6. The monoisotopic (exact) mass is 535 g/mol. The number of allylic oxidation sites excluding steroid dienone is 4. The number of ether oxygens (including phenoxy) is 3. The maximum atomic E-state index is 13.3. The van der Waals surface area contributed by atoms with Crippen molar-refractivity contribution in [1.29, 1.82) is 5.26 Å². The van der Waals surface area contributed by atoms with Gasteiger partial charge >= 0.3 is 12.1 Å². The molecule has 6 nitrogen and oxygen atoms in total. The predicted molar refractivity (Wildman–Crippen MR) is 146 cm³/mol. The van der Waals surface area contributed by atoms with Crippen molar-refractivity contribution in [3.05, 3.63) is 23.8 Å². The Balaban J connectivity index is 1.22. The van der Waals surface area contributed by atoms with Gasteiger partial charge in [-0.05, 0) is 93.3 Å². The number of esters is 1. The number of hydrogen-bond acceptors (Lipinski definition) is 6. The summed E-state index contributed by atoms with van der Waals surface area (Å²) in [6, 6.07) is 1.94. The van der Waals surface area contributed by atoms with Crippen LogP contribution in [0.1, 0.15) is 91.9 Å². The third kappa shape index (κ3) is 3.85. The van der Waals surface area contributed by atoms with Gasteiger partial charge in [0.05, 0.1) is 5.92 Å². The molecule has 0 amide bonds. The van der Waals surface area contributed by atoms with Crippen molar-refractivity contribution in [3.63, 3.8) is 0 Å². The van der Waals surface area contributed by atoms with Crippen molar-refractivity contribution in [2.75, 3.05) is 13.2 Å². The molecule has 6 aliphatic rings. The Labute approximate surface area is 233 Å². The second kappa shape index (κ2) is 9.38. The number of carbonyl (C=O) groups excluding carboxylic acids is 2. The molecule has 0 aromatic heterocycles. The van der Waals surface area contributed by atoms with Crippen LogP contribution in [0.4, 0.5) is 4.79 Å². The van der Waals surface area contributed by atoms with Crippen LogP contribution in [0, 0.1) is 62.6 Å². The lowest BCUT2D eigenvalue weighted by molar-refractivity contribution is -0.159. The minimum absolute atomic E-state index is 0.0250. The molecule has 212 valence electrons. The molecule has 9 atom stereocenters. The summed E-state index contributed by atoms with van der Waals surface area (Å²) in [5.41, 5.74) is 1.32. The molecule has 5 saturated carbocycles. The van der Waals surface area contributed by atoms with Gasteiger partial charge in [-0.15, -0.1) is 0 Å². The zero-order valence-corrected chi connectivity index (χ0v) is 24.2. The Morgan fingerprint density at radius 2 is 1.85 bits per heavy atom. The molecular formula is C33H45NO5. The lowest BCUT2D eigenvalue weighted by atomic mass is 9.47. The van der Waals surface area contributed by atoms with Crippen molar-refractivity contribution < 1.29 is 23.8 Å². The van der Waals surface area contributed by atoms with Crippen LogP contribution in [0.2, 0.25) is 0 Å². The number of rotatable bonds is 5. The number of nitrogens with zero attached hydrogens (tertiary/aromatic N) is 1. The van der Waals surface area contributed by atoms with Gasteiger partial charge in [-0.25, -0.2) is 4.79 Å². The molecule has 0 N–H and O–H groups in total. The Kier molecular flexibility index (Phi) is 6.47. The highest BCUT2D eigenvalue weighted by Crippen LogP contribution is 2.68. The molecule has 6 aliphatic carbocycles. The fraction of sp³-hybridized carbons (Fsp3) is 0.788. The Hall–Kier alpha value is -2.29. The van der Waals surface area contributed by atoms with Crippen LogP contribution in [0.25, 0.3) is 0 Å². The molecule has 0 saturated heterocycles. The zero-order valence-electron chi connectivity index (χ0n) is 24.2. The maximum absolute atomic E-state index is 13.3. The first kappa shape index (κ1) is 26.9. The van der Waals surface area contributed by atoms with Gasteiger partial charge in [0.2, 0.25) is 0 Å². The van der Waals surface area contributed by atoms with Crippen LogP contribution >= 0.6 is 0 Å². The average molecular weight is 536 g/mol. The van der Waals surface area contributed by atoms with Gasteiger partial charge in [0, 0.05) is 16.2 Å². The van der Waals surface area contributed by atoms with E-state index in [9.17, 15) is 9.59 Å². The van der Waals surface area contributed by atoms with E-state index < -0.39 is 11.6 Å². The summed E-state index contributed by atoms with van der Waals surface area (Å²) in [5.74, 6) is 1.21. The Morgan fingerprint density at radius 3 is 2.56 bits per heavy atom. The van der Waals surface area contributed by atoms with E-state index in [0.717, 1.165) is 57.8 Å². The van der Waals surface area contributed by atoms with Gasteiger partial charge < -0.3 is 14.2 Å². The quantitative estimate of drug-likeness (QED) is 0.275. The Bertz CT molecular complexity index is 1130.